The van der Waals surface area contributed by atoms with Crippen LogP contribution in [-0.4, -0.2) is 22.2 Å². The normalized spacial score (nSPS) is 10.4. The lowest BCUT2D eigenvalue weighted by Crippen LogP contribution is -2.25. The molecule has 0 aliphatic heterocycles. The molecule has 1 aromatic heterocycles. The van der Waals surface area contributed by atoms with Crippen molar-refractivity contribution >= 4 is 23.3 Å². The maximum Gasteiger partial charge on any atom is 0.318 e. The lowest BCUT2D eigenvalue weighted by molar-refractivity contribution is -0.154. The predicted molar refractivity (Wildman–Crippen MR) is 51.5 cm³/mol. The second-order valence-electron chi connectivity index (χ2n) is 2.96. The third-order valence-electron chi connectivity index (χ3n) is 1.95. The maximum absolute atomic E-state index is 10.6. The molecular formula is C9H10O4S. The second-order valence-corrected chi connectivity index (χ2v) is 3.96. The Labute approximate surface area is 84.8 Å². The van der Waals surface area contributed by atoms with E-state index in [0.717, 1.165) is 10.4 Å². The first kappa shape index (κ1) is 10.7. The lowest BCUT2D eigenvalue weighted by Gasteiger charge is -2.05. The molecule has 14 heavy (non-hydrogen) atoms. The molecule has 0 fully saturated rings. The van der Waals surface area contributed by atoms with Gasteiger partial charge in [-0.15, -0.1) is 11.3 Å². The van der Waals surface area contributed by atoms with E-state index in [1.54, 1.807) is 0 Å². The van der Waals surface area contributed by atoms with E-state index in [-0.39, 0.29) is 6.42 Å². The van der Waals surface area contributed by atoms with Gasteiger partial charge in [-0.1, -0.05) is 0 Å². The molecule has 0 aliphatic carbocycles. The number of hydrogen-bond acceptors (Lipinski definition) is 3. The summed E-state index contributed by atoms with van der Waals surface area (Å²) < 4.78 is 0. The number of rotatable bonds is 4. The highest BCUT2D eigenvalue weighted by molar-refractivity contribution is 7.10. The van der Waals surface area contributed by atoms with Crippen LogP contribution in [0.1, 0.15) is 10.4 Å². The van der Waals surface area contributed by atoms with Crippen molar-refractivity contribution in [3.63, 3.8) is 0 Å². The van der Waals surface area contributed by atoms with Gasteiger partial charge in [-0.3, -0.25) is 9.59 Å². The van der Waals surface area contributed by atoms with E-state index >= 15 is 0 Å². The quantitative estimate of drug-likeness (QED) is 0.742. The molecule has 0 aliphatic rings. The monoisotopic (exact) mass is 214 g/mol. The first-order valence-electron chi connectivity index (χ1n) is 4.01. The first-order valence-corrected chi connectivity index (χ1v) is 4.89. The molecule has 0 radical (unpaired) electrons. The van der Waals surface area contributed by atoms with Gasteiger partial charge in [0.2, 0.25) is 0 Å². The van der Waals surface area contributed by atoms with E-state index in [1.165, 1.54) is 11.3 Å². The van der Waals surface area contributed by atoms with E-state index in [9.17, 15) is 9.59 Å². The minimum Gasteiger partial charge on any atom is -0.481 e. The zero-order valence-electron chi connectivity index (χ0n) is 7.56. The molecule has 1 rings (SSSR count). The highest BCUT2D eigenvalue weighted by Crippen LogP contribution is 2.20. The van der Waals surface area contributed by atoms with Gasteiger partial charge in [0.15, 0.2) is 5.92 Å². The van der Waals surface area contributed by atoms with Crippen molar-refractivity contribution < 1.29 is 19.8 Å². The van der Waals surface area contributed by atoms with Gasteiger partial charge in [-0.05, 0) is 23.9 Å². The van der Waals surface area contributed by atoms with Crippen LogP contribution in [0.4, 0.5) is 0 Å². The van der Waals surface area contributed by atoms with Gasteiger partial charge in [0.05, 0.1) is 0 Å². The molecule has 0 atom stereocenters. The Hall–Kier alpha value is -1.36. The number of aliphatic carboxylic acids is 2. The van der Waals surface area contributed by atoms with Crippen LogP contribution in [0.15, 0.2) is 11.4 Å². The number of thiophene rings is 1. The standard InChI is InChI=1S/C9H10O4S/c1-5-2-3-14-7(5)4-6(8(10)11)9(12)13/h2-3,6H,4H2,1H3,(H,10,11)(H,12,13). The number of hydrogen-bond donors (Lipinski definition) is 2. The Morgan fingerprint density at radius 3 is 2.36 bits per heavy atom. The Morgan fingerprint density at radius 1 is 1.43 bits per heavy atom. The van der Waals surface area contributed by atoms with Gasteiger partial charge in [-0.25, -0.2) is 0 Å². The van der Waals surface area contributed by atoms with Crippen LogP contribution in [0.3, 0.4) is 0 Å². The van der Waals surface area contributed by atoms with E-state index in [4.69, 9.17) is 10.2 Å². The van der Waals surface area contributed by atoms with Crippen molar-refractivity contribution in [2.24, 2.45) is 5.92 Å². The van der Waals surface area contributed by atoms with Crippen LogP contribution in [0, 0.1) is 12.8 Å². The van der Waals surface area contributed by atoms with Gasteiger partial charge in [0.1, 0.15) is 0 Å². The van der Waals surface area contributed by atoms with Crippen LogP contribution < -0.4 is 0 Å². The summed E-state index contributed by atoms with van der Waals surface area (Å²) in [4.78, 5) is 22.0. The number of carboxylic acid groups (broad SMARTS) is 2. The van der Waals surface area contributed by atoms with Crippen molar-refractivity contribution in [2.45, 2.75) is 13.3 Å². The fourth-order valence-electron chi connectivity index (χ4n) is 1.08. The molecular weight excluding hydrogens is 204 g/mol. The van der Waals surface area contributed by atoms with E-state index in [0.29, 0.717) is 0 Å². The van der Waals surface area contributed by atoms with Gasteiger partial charge in [0.25, 0.3) is 0 Å². The summed E-state index contributed by atoms with van der Waals surface area (Å²) in [5.41, 5.74) is 0.947. The summed E-state index contributed by atoms with van der Waals surface area (Å²) in [6.07, 6.45) is 0.0637. The van der Waals surface area contributed by atoms with E-state index in [1.807, 2.05) is 18.4 Å². The molecule has 1 aromatic rings. The molecule has 0 saturated carbocycles. The molecule has 2 N–H and O–H groups in total. The summed E-state index contributed by atoms with van der Waals surface area (Å²) in [5.74, 6) is -3.91. The summed E-state index contributed by atoms with van der Waals surface area (Å²) in [5, 5.41) is 19.1. The molecule has 0 amide bonds. The largest absolute Gasteiger partial charge is 0.481 e. The number of carbonyl (C=O) groups is 2. The molecule has 76 valence electrons. The highest BCUT2D eigenvalue weighted by atomic mass is 32.1. The fourth-order valence-corrected chi connectivity index (χ4v) is 2.03. The Kier molecular flexibility index (Phi) is 3.24. The molecule has 0 spiro atoms. The van der Waals surface area contributed by atoms with Gasteiger partial charge >= 0.3 is 11.9 Å². The second kappa shape index (κ2) is 4.23. The van der Waals surface area contributed by atoms with Gasteiger partial charge in [0, 0.05) is 11.3 Å². The molecule has 5 heteroatoms. The zero-order chi connectivity index (χ0) is 10.7. The summed E-state index contributed by atoms with van der Waals surface area (Å²) >= 11 is 1.39. The number of aryl methyl sites for hydroxylation is 1. The average molecular weight is 214 g/mol. The van der Waals surface area contributed by atoms with Crippen LogP contribution in [0.2, 0.25) is 0 Å². The minimum absolute atomic E-state index is 0.0637. The topological polar surface area (TPSA) is 74.6 Å². The van der Waals surface area contributed by atoms with Crippen molar-refractivity contribution in [3.05, 3.63) is 21.9 Å². The first-order chi connectivity index (χ1) is 6.52. The number of carboxylic acids is 2. The van der Waals surface area contributed by atoms with Crippen LogP contribution in [-0.2, 0) is 16.0 Å². The maximum atomic E-state index is 10.6. The van der Waals surface area contributed by atoms with Gasteiger partial charge < -0.3 is 10.2 Å². The fraction of sp³-hybridized carbons (Fsp3) is 0.333. The van der Waals surface area contributed by atoms with Crippen LogP contribution in [0.5, 0.6) is 0 Å². The summed E-state index contributed by atoms with van der Waals surface area (Å²) in [7, 11) is 0. The minimum atomic E-state index is -1.34. The van der Waals surface area contributed by atoms with E-state index < -0.39 is 17.9 Å². The lowest BCUT2D eigenvalue weighted by atomic mass is 10.0. The van der Waals surface area contributed by atoms with Crippen LogP contribution in [0.25, 0.3) is 0 Å². The molecule has 0 saturated heterocycles. The summed E-state index contributed by atoms with van der Waals surface area (Å²) in [6.45, 7) is 1.84. The molecule has 0 bridgehead atoms. The molecule has 1 heterocycles. The third-order valence-corrected chi connectivity index (χ3v) is 3.00. The smallest absolute Gasteiger partial charge is 0.318 e. The van der Waals surface area contributed by atoms with Crippen molar-refractivity contribution in [2.75, 3.05) is 0 Å². The summed E-state index contributed by atoms with van der Waals surface area (Å²) in [6, 6.07) is 1.85. The average Bonchev–Trinajstić information content (AvgIpc) is 2.46. The van der Waals surface area contributed by atoms with Crippen molar-refractivity contribution in [1.82, 2.24) is 0 Å². The van der Waals surface area contributed by atoms with Gasteiger partial charge in [-0.2, -0.15) is 0 Å². The third kappa shape index (κ3) is 2.32. The highest BCUT2D eigenvalue weighted by Gasteiger charge is 2.26. The Morgan fingerprint density at radius 2 is 2.00 bits per heavy atom. The Balaban J connectivity index is 2.80. The predicted octanol–water partition coefficient (Wildman–Crippen LogP) is 1.38. The van der Waals surface area contributed by atoms with Crippen LogP contribution >= 0.6 is 11.3 Å². The zero-order valence-corrected chi connectivity index (χ0v) is 8.37. The molecule has 0 aromatic carbocycles. The molecule has 4 nitrogen and oxygen atoms in total. The molecule has 0 unspecified atom stereocenters. The van der Waals surface area contributed by atoms with E-state index in [2.05, 4.69) is 0 Å². The van der Waals surface area contributed by atoms with Crippen molar-refractivity contribution in [1.29, 1.82) is 0 Å². The SMILES string of the molecule is Cc1ccsc1CC(C(=O)O)C(=O)O. The van der Waals surface area contributed by atoms with Crippen molar-refractivity contribution in [3.8, 4) is 0 Å². The Bertz CT molecular complexity index is 341.